The summed E-state index contributed by atoms with van der Waals surface area (Å²) in [5, 5.41) is 17.2. The Labute approximate surface area is 141 Å². The number of carbonyl (C=O) groups is 1. The number of benzene rings is 1. The van der Waals surface area contributed by atoms with Crippen LogP contribution in [0.3, 0.4) is 0 Å². The summed E-state index contributed by atoms with van der Waals surface area (Å²) >= 11 is 0. The Morgan fingerprint density at radius 3 is 2.96 bits per heavy atom. The molecule has 1 unspecified atom stereocenters. The van der Waals surface area contributed by atoms with Crippen LogP contribution in [0, 0.1) is 10.1 Å². The molecule has 0 spiro atoms. The van der Waals surface area contributed by atoms with E-state index in [1.165, 1.54) is 12.1 Å². The molecule has 1 saturated heterocycles. The van der Waals surface area contributed by atoms with Gasteiger partial charge >= 0.3 is 0 Å². The van der Waals surface area contributed by atoms with Gasteiger partial charge in [-0.15, -0.1) is 0 Å². The highest BCUT2D eigenvalue weighted by Gasteiger charge is 2.25. The number of rotatable bonds is 5. The second-order valence-corrected chi connectivity index (χ2v) is 5.68. The van der Waals surface area contributed by atoms with E-state index in [1.807, 2.05) is 17.9 Å². The molecule has 130 valence electrons. The predicted molar refractivity (Wildman–Crippen MR) is 91.7 cm³/mol. The van der Waals surface area contributed by atoms with E-state index in [2.05, 4.69) is 15.6 Å². The normalized spacial score (nSPS) is 17.7. The maximum Gasteiger partial charge on any atom is 0.269 e. The molecule has 2 N–H and O–H groups in total. The fourth-order valence-electron chi connectivity index (χ4n) is 2.68. The van der Waals surface area contributed by atoms with Crippen molar-refractivity contribution in [3.05, 3.63) is 39.9 Å². The first-order valence-corrected chi connectivity index (χ1v) is 8.01. The van der Waals surface area contributed by atoms with Crippen molar-refractivity contribution in [2.75, 3.05) is 20.1 Å². The molecule has 1 aliphatic heterocycles. The number of guanidine groups is 1. The Hall–Kier alpha value is -2.64. The SMILES string of the molecule is CCC(=O)N1CCC(NC(=NC)NCc2cccc([N+](=O)[O-])c2)C1. The number of aliphatic imine (C=N–C) groups is 1. The lowest BCUT2D eigenvalue weighted by molar-refractivity contribution is -0.384. The number of nitro benzene ring substituents is 1. The zero-order chi connectivity index (χ0) is 17.5. The molecule has 24 heavy (non-hydrogen) atoms. The molecule has 1 amide bonds. The molecule has 0 aromatic heterocycles. The monoisotopic (exact) mass is 333 g/mol. The molecule has 8 heteroatoms. The minimum absolute atomic E-state index is 0.0711. The van der Waals surface area contributed by atoms with E-state index in [4.69, 9.17) is 0 Å². The van der Waals surface area contributed by atoms with E-state index < -0.39 is 4.92 Å². The Morgan fingerprint density at radius 2 is 2.29 bits per heavy atom. The van der Waals surface area contributed by atoms with Gasteiger partial charge in [0, 0.05) is 51.3 Å². The quantitative estimate of drug-likeness (QED) is 0.366. The molecule has 1 aromatic carbocycles. The molecule has 1 heterocycles. The maximum absolute atomic E-state index is 11.7. The van der Waals surface area contributed by atoms with E-state index >= 15 is 0 Å². The Morgan fingerprint density at radius 1 is 1.50 bits per heavy atom. The van der Waals surface area contributed by atoms with Gasteiger partial charge in [0.15, 0.2) is 5.96 Å². The van der Waals surface area contributed by atoms with Crippen molar-refractivity contribution in [3.63, 3.8) is 0 Å². The van der Waals surface area contributed by atoms with E-state index in [1.54, 1.807) is 13.1 Å². The zero-order valence-electron chi connectivity index (χ0n) is 14.0. The standard InChI is InChI=1S/C16H23N5O3/c1-3-15(22)20-8-7-13(11-20)19-16(17-2)18-10-12-5-4-6-14(9-12)21(23)24/h4-6,9,13H,3,7-8,10-11H2,1-2H3,(H2,17,18,19). The van der Waals surface area contributed by atoms with Crippen molar-refractivity contribution in [3.8, 4) is 0 Å². The fourth-order valence-corrected chi connectivity index (χ4v) is 2.68. The molecule has 0 radical (unpaired) electrons. The number of amides is 1. The summed E-state index contributed by atoms with van der Waals surface area (Å²) in [7, 11) is 1.67. The number of nitro groups is 1. The summed E-state index contributed by atoms with van der Waals surface area (Å²) in [6.45, 7) is 3.73. The molecule has 2 rings (SSSR count). The van der Waals surface area contributed by atoms with Crippen LogP contribution in [0.4, 0.5) is 5.69 Å². The number of likely N-dealkylation sites (tertiary alicyclic amines) is 1. The van der Waals surface area contributed by atoms with Crippen LogP contribution in [0.5, 0.6) is 0 Å². The molecule has 1 atom stereocenters. The summed E-state index contributed by atoms with van der Waals surface area (Å²) in [4.78, 5) is 28.1. The smallest absolute Gasteiger partial charge is 0.269 e. The molecule has 0 bridgehead atoms. The Kier molecular flexibility index (Phi) is 6.11. The molecule has 8 nitrogen and oxygen atoms in total. The minimum Gasteiger partial charge on any atom is -0.352 e. The van der Waals surface area contributed by atoms with Crippen molar-refractivity contribution in [1.29, 1.82) is 0 Å². The van der Waals surface area contributed by atoms with Gasteiger partial charge in [-0.05, 0) is 12.0 Å². The summed E-state index contributed by atoms with van der Waals surface area (Å²) in [5.41, 5.74) is 0.878. The third-order valence-corrected chi connectivity index (χ3v) is 3.99. The van der Waals surface area contributed by atoms with Gasteiger partial charge in [0.05, 0.1) is 4.92 Å². The number of hydrogen-bond acceptors (Lipinski definition) is 4. The van der Waals surface area contributed by atoms with Crippen molar-refractivity contribution < 1.29 is 9.72 Å². The maximum atomic E-state index is 11.7. The van der Waals surface area contributed by atoms with Crippen molar-refractivity contribution >= 4 is 17.6 Å². The van der Waals surface area contributed by atoms with Crippen LogP contribution in [0.2, 0.25) is 0 Å². The molecule has 1 aromatic rings. The average molecular weight is 333 g/mol. The first kappa shape index (κ1) is 17.7. The third kappa shape index (κ3) is 4.68. The van der Waals surface area contributed by atoms with Gasteiger partial charge in [-0.3, -0.25) is 19.9 Å². The predicted octanol–water partition coefficient (Wildman–Crippen LogP) is 1.27. The lowest BCUT2D eigenvalue weighted by Crippen LogP contribution is -2.44. The highest BCUT2D eigenvalue weighted by Crippen LogP contribution is 2.13. The van der Waals surface area contributed by atoms with Gasteiger partial charge in [0.25, 0.3) is 5.69 Å². The van der Waals surface area contributed by atoms with Gasteiger partial charge in [-0.25, -0.2) is 0 Å². The van der Waals surface area contributed by atoms with Crippen molar-refractivity contribution in [2.45, 2.75) is 32.4 Å². The van der Waals surface area contributed by atoms with Crippen LogP contribution in [0.1, 0.15) is 25.3 Å². The zero-order valence-corrected chi connectivity index (χ0v) is 14.0. The summed E-state index contributed by atoms with van der Waals surface area (Å²) in [6, 6.07) is 6.66. The second kappa shape index (κ2) is 8.28. The molecule has 0 aliphatic carbocycles. The van der Waals surface area contributed by atoms with Crippen LogP contribution in [0.25, 0.3) is 0 Å². The fraction of sp³-hybridized carbons (Fsp3) is 0.500. The van der Waals surface area contributed by atoms with Gasteiger partial charge in [-0.2, -0.15) is 0 Å². The highest BCUT2D eigenvalue weighted by molar-refractivity contribution is 5.80. The Balaban J connectivity index is 1.86. The van der Waals surface area contributed by atoms with E-state index in [9.17, 15) is 14.9 Å². The Bertz CT molecular complexity index is 632. The molecule has 1 aliphatic rings. The van der Waals surface area contributed by atoms with E-state index in [-0.39, 0.29) is 17.6 Å². The molecule has 1 fully saturated rings. The van der Waals surface area contributed by atoms with Crippen molar-refractivity contribution in [1.82, 2.24) is 15.5 Å². The number of nitrogens with one attached hydrogen (secondary N) is 2. The number of nitrogens with zero attached hydrogens (tertiary/aromatic N) is 3. The van der Waals surface area contributed by atoms with Gasteiger partial charge in [0.1, 0.15) is 0 Å². The van der Waals surface area contributed by atoms with Crippen LogP contribution in [-0.4, -0.2) is 47.9 Å². The number of carbonyl (C=O) groups excluding carboxylic acids is 1. The summed E-state index contributed by atoms with van der Waals surface area (Å²) in [5.74, 6) is 0.788. The topological polar surface area (TPSA) is 99.9 Å². The van der Waals surface area contributed by atoms with Gasteiger partial charge in [0.2, 0.25) is 5.91 Å². The van der Waals surface area contributed by atoms with Crippen LogP contribution < -0.4 is 10.6 Å². The minimum atomic E-state index is -0.408. The lowest BCUT2D eigenvalue weighted by Gasteiger charge is -2.18. The van der Waals surface area contributed by atoms with E-state index in [0.29, 0.717) is 25.5 Å². The van der Waals surface area contributed by atoms with Crippen LogP contribution in [0.15, 0.2) is 29.3 Å². The highest BCUT2D eigenvalue weighted by atomic mass is 16.6. The number of hydrogen-bond donors (Lipinski definition) is 2. The van der Waals surface area contributed by atoms with Gasteiger partial charge < -0.3 is 15.5 Å². The average Bonchev–Trinajstić information content (AvgIpc) is 3.06. The first-order chi connectivity index (χ1) is 11.5. The third-order valence-electron chi connectivity index (χ3n) is 3.99. The molecular weight excluding hydrogens is 310 g/mol. The number of non-ortho nitro benzene ring substituents is 1. The molecular formula is C16H23N5O3. The van der Waals surface area contributed by atoms with Crippen LogP contribution in [-0.2, 0) is 11.3 Å². The van der Waals surface area contributed by atoms with Crippen molar-refractivity contribution in [2.24, 2.45) is 4.99 Å². The summed E-state index contributed by atoms with van der Waals surface area (Å²) < 4.78 is 0. The summed E-state index contributed by atoms with van der Waals surface area (Å²) in [6.07, 6.45) is 1.40. The lowest BCUT2D eigenvalue weighted by atomic mass is 10.2. The first-order valence-electron chi connectivity index (χ1n) is 8.01. The molecule has 0 saturated carbocycles. The van der Waals surface area contributed by atoms with Gasteiger partial charge in [-0.1, -0.05) is 19.1 Å². The van der Waals surface area contributed by atoms with E-state index in [0.717, 1.165) is 18.5 Å². The largest absolute Gasteiger partial charge is 0.352 e. The second-order valence-electron chi connectivity index (χ2n) is 5.68. The van der Waals surface area contributed by atoms with Crippen LogP contribution >= 0.6 is 0 Å².